The third-order valence-electron chi connectivity index (χ3n) is 7.08. The number of carboxylic acids is 1. The summed E-state index contributed by atoms with van der Waals surface area (Å²) in [7, 11) is 0. The second-order valence-electron chi connectivity index (χ2n) is 11.5. The van der Waals surface area contributed by atoms with E-state index in [1.807, 2.05) is 46.4 Å². The maximum Gasteiger partial charge on any atom is 0.348 e. The van der Waals surface area contributed by atoms with Crippen molar-refractivity contribution in [1.82, 2.24) is 4.90 Å². The number of carbonyl (C=O) groups excluding carboxylic acids is 2. The molecule has 1 saturated heterocycles. The predicted molar refractivity (Wildman–Crippen MR) is 141 cm³/mol. The fourth-order valence-electron chi connectivity index (χ4n) is 5.06. The molecule has 7 heteroatoms. The molecule has 2 heterocycles. The molecule has 2 fully saturated rings. The van der Waals surface area contributed by atoms with E-state index in [9.17, 15) is 19.5 Å². The molecule has 2 aliphatic rings. The van der Waals surface area contributed by atoms with Gasteiger partial charge in [-0.1, -0.05) is 18.8 Å². The van der Waals surface area contributed by atoms with E-state index in [0.717, 1.165) is 43.4 Å². The van der Waals surface area contributed by atoms with Crippen molar-refractivity contribution < 1.29 is 19.5 Å². The van der Waals surface area contributed by atoms with Crippen LogP contribution in [0, 0.1) is 36.0 Å². The third-order valence-corrected chi connectivity index (χ3v) is 8.27. The monoisotopic (exact) mass is 500 g/mol. The zero-order chi connectivity index (χ0) is 26.1. The van der Waals surface area contributed by atoms with Crippen molar-refractivity contribution >= 4 is 34.8 Å². The number of rotatable bonds is 5. The summed E-state index contributed by atoms with van der Waals surface area (Å²) in [6.07, 6.45) is 4.80. The van der Waals surface area contributed by atoms with Gasteiger partial charge in [0.1, 0.15) is 10.9 Å². The zero-order valence-electron chi connectivity index (χ0n) is 22.2. The van der Waals surface area contributed by atoms with Gasteiger partial charge >= 0.3 is 5.97 Å². The van der Waals surface area contributed by atoms with Gasteiger partial charge in [0, 0.05) is 29.5 Å². The van der Waals surface area contributed by atoms with Gasteiger partial charge in [-0.25, -0.2) is 4.79 Å². The number of carbonyl (C=O) groups is 3. The van der Waals surface area contributed by atoms with E-state index in [-0.39, 0.29) is 34.1 Å². The summed E-state index contributed by atoms with van der Waals surface area (Å²) in [6.45, 7) is 14.7. The quantitative estimate of drug-likeness (QED) is 0.525. The minimum absolute atomic E-state index is 0.0218. The summed E-state index contributed by atoms with van der Waals surface area (Å²) in [5, 5.41) is 10.1. The molecule has 35 heavy (non-hydrogen) atoms. The van der Waals surface area contributed by atoms with Gasteiger partial charge < -0.3 is 10.0 Å². The SMILES string of the molecule is Cc1c(C#CC(C)(C)C)sc(C(=O)O)c1N(C(=O)C1CCC(C)CC1)[C@H]1CCCN(C(C)C)C1=O. The number of hydrogen-bond acceptors (Lipinski definition) is 4. The Morgan fingerprint density at radius 3 is 2.31 bits per heavy atom. The van der Waals surface area contributed by atoms with Crippen LogP contribution in [0.25, 0.3) is 0 Å². The average Bonchev–Trinajstić information content (AvgIpc) is 3.10. The number of anilines is 1. The molecular formula is C28H40N2O4S. The molecule has 1 atom stereocenters. The summed E-state index contributed by atoms with van der Waals surface area (Å²) >= 11 is 1.11. The molecule has 0 unspecified atom stereocenters. The summed E-state index contributed by atoms with van der Waals surface area (Å²) in [4.78, 5) is 44.3. The smallest absolute Gasteiger partial charge is 0.348 e. The van der Waals surface area contributed by atoms with Crippen molar-refractivity contribution in [3.05, 3.63) is 15.3 Å². The molecule has 0 radical (unpaired) electrons. The first kappa shape index (κ1) is 27.3. The normalized spacial score (nSPS) is 23.1. The minimum atomic E-state index is -1.09. The van der Waals surface area contributed by atoms with Gasteiger partial charge in [-0.05, 0) is 86.0 Å². The molecule has 1 aromatic heterocycles. The van der Waals surface area contributed by atoms with E-state index in [1.165, 1.54) is 0 Å². The zero-order valence-corrected chi connectivity index (χ0v) is 23.1. The summed E-state index contributed by atoms with van der Waals surface area (Å²) in [5.74, 6) is 5.45. The number of nitrogens with zero attached hydrogens (tertiary/aromatic N) is 2. The maximum absolute atomic E-state index is 14.1. The standard InChI is InChI=1S/C28H40N2O4S/c1-17(2)29-16-8-9-21(26(29)32)30(25(31)20-12-10-18(3)11-13-20)23-19(4)22(14-15-28(5,6)7)35-24(23)27(33)34/h17-18,20-21H,8-13,16H2,1-7H3,(H,33,34)/t18?,20?,21-/m0/s1. The highest BCUT2D eigenvalue weighted by molar-refractivity contribution is 7.15. The number of thiophene rings is 1. The van der Waals surface area contributed by atoms with Crippen LogP contribution in [0.15, 0.2) is 0 Å². The van der Waals surface area contributed by atoms with Crippen LogP contribution in [0.4, 0.5) is 5.69 Å². The Bertz CT molecular complexity index is 1030. The largest absolute Gasteiger partial charge is 0.477 e. The van der Waals surface area contributed by atoms with Gasteiger partial charge in [0.15, 0.2) is 0 Å². The van der Waals surface area contributed by atoms with Gasteiger partial charge in [0.25, 0.3) is 0 Å². The van der Waals surface area contributed by atoms with Crippen LogP contribution in [0.1, 0.15) is 100 Å². The van der Waals surface area contributed by atoms with Crippen molar-refractivity contribution in [3.8, 4) is 11.8 Å². The number of piperidine rings is 1. The van der Waals surface area contributed by atoms with E-state index in [1.54, 1.807) is 4.90 Å². The molecule has 6 nitrogen and oxygen atoms in total. The summed E-state index contributed by atoms with van der Waals surface area (Å²) in [5.41, 5.74) is 0.801. The molecular weight excluding hydrogens is 460 g/mol. The van der Waals surface area contributed by atoms with Crippen molar-refractivity contribution in [3.63, 3.8) is 0 Å². The first-order valence-electron chi connectivity index (χ1n) is 12.8. The Hall–Kier alpha value is -2.33. The fraction of sp³-hybridized carbons (Fsp3) is 0.679. The van der Waals surface area contributed by atoms with Gasteiger partial charge in [-0.2, -0.15) is 0 Å². The number of carboxylic acid groups (broad SMARTS) is 1. The molecule has 0 spiro atoms. The topological polar surface area (TPSA) is 77.9 Å². The number of hydrogen-bond donors (Lipinski definition) is 1. The lowest BCUT2D eigenvalue weighted by Gasteiger charge is -2.42. The Balaban J connectivity index is 2.15. The second-order valence-corrected chi connectivity index (χ2v) is 12.5. The Morgan fingerprint density at radius 1 is 1.14 bits per heavy atom. The average molecular weight is 501 g/mol. The highest BCUT2D eigenvalue weighted by Gasteiger charge is 2.43. The van der Waals surface area contributed by atoms with Crippen LogP contribution in [0.5, 0.6) is 0 Å². The Kier molecular flexibility index (Phi) is 8.36. The van der Waals surface area contributed by atoms with Gasteiger partial charge in [0.05, 0.1) is 10.6 Å². The van der Waals surface area contributed by atoms with E-state index in [0.29, 0.717) is 35.0 Å². The molecule has 1 aromatic rings. The van der Waals surface area contributed by atoms with Crippen LogP contribution in [-0.2, 0) is 9.59 Å². The lowest BCUT2D eigenvalue weighted by molar-refractivity contribution is -0.139. The highest BCUT2D eigenvalue weighted by atomic mass is 32.1. The van der Waals surface area contributed by atoms with Crippen molar-refractivity contribution in [1.29, 1.82) is 0 Å². The van der Waals surface area contributed by atoms with Gasteiger partial charge in [-0.15, -0.1) is 11.3 Å². The summed E-state index contributed by atoms with van der Waals surface area (Å²) < 4.78 is 0. The fourth-order valence-corrected chi connectivity index (χ4v) is 6.05. The van der Waals surface area contributed by atoms with Crippen molar-refractivity contribution in [2.24, 2.45) is 17.3 Å². The van der Waals surface area contributed by atoms with Crippen molar-refractivity contribution in [2.45, 2.75) is 99.1 Å². The molecule has 3 rings (SSSR count). The second kappa shape index (κ2) is 10.7. The van der Waals surface area contributed by atoms with E-state index < -0.39 is 12.0 Å². The van der Waals surface area contributed by atoms with Crippen LogP contribution >= 0.6 is 11.3 Å². The predicted octanol–water partition coefficient (Wildman–Crippen LogP) is 5.71. The third kappa shape index (κ3) is 6.09. The lowest BCUT2D eigenvalue weighted by Crippen LogP contribution is -2.57. The Morgan fingerprint density at radius 2 is 1.77 bits per heavy atom. The van der Waals surface area contributed by atoms with Crippen LogP contribution in [-0.4, -0.2) is 46.4 Å². The molecule has 1 aliphatic heterocycles. The minimum Gasteiger partial charge on any atom is -0.477 e. The first-order chi connectivity index (χ1) is 16.3. The molecule has 0 aromatic carbocycles. The first-order valence-corrected chi connectivity index (χ1v) is 13.7. The van der Waals surface area contributed by atoms with Crippen LogP contribution in [0.3, 0.4) is 0 Å². The molecule has 192 valence electrons. The molecule has 2 amide bonds. The number of aromatic carboxylic acids is 1. The van der Waals surface area contributed by atoms with Crippen LogP contribution < -0.4 is 4.90 Å². The molecule has 0 bridgehead atoms. The molecule has 1 N–H and O–H groups in total. The number of likely N-dealkylation sites (tertiary alicyclic amines) is 1. The maximum atomic E-state index is 14.1. The van der Waals surface area contributed by atoms with Gasteiger partial charge in [0.2, 0.25) is 11.8 Å². The summed E-state index contributed by atoms with van der Waals surface area (Å²) in [6, 6.07) is -0.665. The molecule has 1 aliphatic carbocycles. The lowest BCUT2D eigenvalue weighted by atomic mass is 9.81. The highest BCUT2D eigenvalue weighted by Crippen LogP contribution is 2.41. The van der Waals surface area contributed by atoms with E-state index in [2.05, 4.69) is 18.8 Å². The van der Waals surface area contributed by atoms with Gasteiger partial charge in [-0.3, -0.25) is 14.5 Å². The van der Waals surface area contributed by atoms with E-state index >= 15 is 0 Å². The van der Waals surface area contributed by atoms with E-state index in [4.69, 9.17) is 0 Å². The van der Waals surface area contributed by atoms with Crippen LogP contribution in [0.2, 0.25) is 0 Å². The number of amides is 2. The van der Waals surface area contributed by atoms with Crippen molar-refractivity contribution in [2.75, 3.05) is 11.4 Å². The Labute approximate surface area is 214 Å². The molecule has 1 saturated carbocycles.